The van der Waals surface area contributed by atoms with Crippen molar-refractivity contribution in [3.8, 4) is 0 Å². The van der Waals surface area contributed by atoms with E-state index >= 15 is 0 Å². The van der Waals surface area contributed by atoms with Gasteiger partial charge < -0.3 is 15.3 Å². The SMILES string of the molecule is Cc1ccc(C(=O)N2CCCn3nc(C(=O)NCCO)cc3C2)c(C)c1. The number of rotatable bonds is 4. The second-order valence-electron chi connectivity index (χ2n) is 6.62. The largest absolute Gasteiger partial charge is 0.395 e. The van der Waals surface area contributed by atoms with Crippen LogP contribution in [0.2, 0.25) is 0 Å². The van der Waals surface area contributed by atoms with Crippen molar-refractivity contribution in [2.75, 3.05) is 19.7 Å². The Morgan fingerprint density at radius 3 is 2.77 bits per heavy atom. The first-order chi connectivity index (χ1) is 12.5. The normalized spacial score (nSPS) is 13.9. The summed E-state index contributed by atoms with van der Waals surface area (Å²) in [5.41, 5.74) is 3.97. The number of nitrogens with zero attached hydrogens (tertiary/aromatic N) is 3. The molecule has 2 heterocycles. The van der Waals surface area contributed by atoms with Crippen molar-refractivity contribution in [2.45, 2.75) is 33.4 Å². The number of hydrogen-bond acceptors (Lipinski definition) is 4. The predicted molar refractivity (Wildman–Crippen MR) is 96.9 cm³/mol. The Morgan fingerprint density at radius 2 is 2.04 bits per heavy atom. The Kier molecular flexibility index (Phi) is 5.37. The van der Waals surface area contributed by atoms with Gasteiger partial charge in [0.25, 0.3) is 11.8 Å². The van der Waals surface area contributed by atoms with Crippen molar-refractivity contribution in [1.82, 2.24) is 20.0 Å². The number of nitrogens with one attached hydrogen (secondary N) is 1. The molecule has 1 aromatic heterocycles. The maximum absolute atomic E-state index is 13.0. The summed E-state index contributed by atoms with van der Waals surface area (Å²) in [5, 5.41) is 15.8. The Labute approximate surface area is 152 Å². The van der Waals surface area contributed by atoms with Gasteiger partial charge in [-0.15, -0.1) is 0 Å². The van der Waals surface area contributed by atoms with E-state index in [1.165, 1.54) is 0 Å². The Balaban J connectivity index is 1.79. The van der Waals surface area contributed by atoms with Crippen LogP contribution in [0.5, 0.6) is 0 Å². The average molecular weight is 356 g/mol. The zero-order chi connectivity index (χ0) is 18.7. The number of aliphatic hydroxyl groups excluding tert-OH is 1. The third kappa shape index (κ3) is 3.77. The molecule has 0 saturated carbocycles. The Bertz CT molecular complexity index is 828. The van der Waals surface area contributed by atoms with Gasteiger partial charge in [0.05, 0.1) is 18.8 Å². The number of benzene rings is 1. The number of hydrogen-bond donors (Lipinski definition) is 2. The number of aryl methyl sites for hydroxylation is 3. The van der Waals surface area contributed by atoms with Gasteiger partial charge in [-0.1, -0.05) is 17.7 Å². The number of aromatic nitrogens is 2. The molecule has 0 bridgehead atoms. The van der Waals surface area contributed by atoms with Gasteiger partial charge in [-0.3, -0.25) is 14.3 Å². The van der Waals surface area contributed by atoms with Gasteiger partial charge >= 0.3 is 0 Å². The molecule has 0 spiro atoms. The molecule has 0 radical (unpaired) electrons. The Hall–Kier alpha value is -2.67. The first kappa shape index (κ1) is 18.1. The summed E-state index contributed by atoms with van der Waals surface area (Å²) in [6.07, 6.45) is 0.781. The zero-order valence-corrected chi connectivity index (χ0v) is 15.2. The Morgan fingerprint density at radius 1 is 1.23 bits per heavy atom. The minimum Gasteiger partial charge on any atom is -0.395 e. The summed E-state index contributed by atoms with van der Waals surface area (Å²) in [6, 6.07) is 7.56. The van der Waals surface area contributed by atoms with Crippen LogP contribution >= 0.6 is 0 Å². The van der Waals surface area contributed by atoms with E-state index in [4.69, 9.17) is 5.11 Å². The lowest BCUT2D eigenvalue weighted by atomic mass is 10.0. The van der Waals surface area contributed by atoms with Crippen LogP contribution in [0.3, 0.4) is 0 Å². The highest BCUT2D eigenvalue weighted by atomic mass is 16.3. The summed E-state index contributed by atoms with van der Waals surface area (Å²) in [4.78, 5) is 26.8. The fraction of sp³-hybridized carbons (Fsp3) is 0.421. The molecule has 2 aromatic rings. The molecular formula is C19H24N4O3. The summed E-state index contributed by atoms with van der Waals surface area (Å²) in [7, 11) is 0. The molecule has 7 heteroatoms. The maximum Gasteiger partial charge on any atom is 0.271 e. The van der Waals surface area contributed by atoms with Crippen LogP contribution in [0.25, 0.3) is 0 Å². The minimum atomic E-state index is -0.313. The number of aliphatic hydroxyl groups is 1. The molecule has 2 N–H and O–H groups in total. The van der Waals surface area contributed by atoms with Crippen LogP contribution in [0.15, 0.2) is 24.3 Å². The third-order valence-electron chi connectivity index (χ3n) is 4.54. The molecule has 2 amide bonds. The molecule has 7 nitrogen and oxygen atoms in total. The van der Waals surface area contributed by atoms with Gasteiger partial charge in [-0.25, -0.2) is 0 Å². The van der Waals surface area contributed by atoms with E-state index in [1.807, 2.05) is 36.9 Å². The highest BCUT2D eigenvalue weighted by Gasteiger charge is 2.24. The molecule has 138 valence electrons. The van der Waals surface area contributed by atoms with Crippen molar-refractivity contribution in [3.05, 3.63) is 52.3 Å². The summed E-state index contributed by atoms with van der Waals surface area (Å²) < 4.78 is 1.79. The van der Waals surface area contributed by atoms with Gasteiger partial charge in [0, 0.05) is 25.2 Å². The second-order valence-corrected chi connectivity index (χ2v) is 6.62. The van der Waals surface area contributed by atoms with Gasteiger partial charge in [0.1, 0.15) is 0 Å². The number of carbonyl (C=O) groups excluding carboxylic acids is 2. The zero-order valence-electron chi connectivity index (χ0n) is 15.2. The number of amides is 2. The highest BCUT2D eigenvalue weighted by molar-refractivity contribution is 5.96. The van der Waals surface area contributed by atoms with E-state index in [0.29, 0.717) is 30.9 Å². The monoisotopic (exact) mass is 356 g/mol. The van der Waals surface area contributed by atoms with E-state index in [2.05, 4.69) is 10.4 Å². The fourth-order valence-electron chi connectivity index (χ4n) is 3.23. The molecular weight excluding hydrogens is 332 g/mol. The van der Waals surface area contributed by atoms with Crippen molar-refractivity contribution in [1.29, 1.82) is 0 Å². The molecule has 0 atom stereocenters. The first-order valence-corrected chi connectivity index (χ1v) is 8.82. The highest BCUT2D eigenvalue weighted by Crippen LogP contribution is 2.19. The molecule has 1 aromatic carbocycles. The van der Waals surface area contributed by atoms with E-state index in [0.717, 1.165) is 23.2 Å². The molecule has 0 fully saturated rings. The van der Waals surface area contributed by atoms with E-state index in [1.54, 1.807) is 10.7 Å². The summed E-state index contributed by atoms with van der Waals surface area (Å²) >= 11 is 0. The van der Waals surface area contributed by atoms with Gasteiger partial charge in [0.2, 0.25) is 0 Å². The van der Waals surface area contributed by atoms with Crippen molar-refractivity contribution < 1.29 is 14.7 Å². The minimum absolute atomic E-state index is 0.00318. The van der Waals surface area contributed by atoms with Crippen molar-refractivity contribution in [2.24, 2.45) is 0 Å². The lowest BCUT2D eigenvalue weighted by Gasteiger charge is -2.21. The van der Waals surface area contributed by atoms with Gasteiger partial charge in [-0.2, -0.15) is 5.10 Å². The first-order valence-electron chi connectivity index (χ1n) is 8.82. The average Bonchev–Trinajstić information content (AvgIpc) is 2.91. The number of fused-ring (bicyclic) bond motifs is 1. The molecule has 0 saturated heterocycles. The van der Waals surface area contributed by atoms with Crippen LogP contribution in [0.4, 0.5) is 0 Å². The van der Waals surface area contributed by atoms with E-state index in [9.17, 15) is 9.59 Å². The molecule has 0 unspecified atom stereocenters. The summed E-state index contributed by atoms with van der Waals surface area (Å²) in [6.45, 7) is 5.78. The van der Waals surface area contributed by atoms with Gasteiger partial charge in [0.15, 0.2) is 5.69 Å². The molecule has 1 aliphatic rings. The van der Waals surface area contributed by atoms with Crippen molar-refractivity contribution >= 4 is 11.8 Å². The smallest absolute Gasteiger partial charge is 0.271 e. The molecule has 3 rings (SSSR count). The quantitative estimate of drug-likeness (QED) is 0.864. The lowest BCUT2D eigenvalue weighted by molar-refractivity contribution is 0.0745. The van der Waals surface area contributed by atoms with Crippen LogP contribution in [-0.2, 0) is 13.1 Å². The lowest BCUT2D eigenvalue weighted by Crippen LogP contribution is -2.31. The molecule has 26 heavy (non-hydrogen) atoms. The topological polar surface area (TPSA) is 87.5 Å². The predicted octanol–water partition coefficient (Wildman–Crippen LogP) is 1.27. The van der Waals surface area contributed by atoms with Crippen molar-refractivity contribution in [3.63, 3.8) is 0 Å². The van der Waals surface area contributed by atoms with Crippen LogP contribution in [0, 0.1) is 13.8 Å². The van der Waals surface area contributed by atoms with Crippen LogP contribution in [0.1, 0.15) is 44.1 Å². The van der Waals surface area contributed by atoms with E-state index in [-0.39, 0.29) is 25.0 Å². The summed E-state index contributed by atoms with van der Waals surface area (Å²) in [5.74, 6) is -0.310. The van der Waals surface area contributed by atoms with Crippen LogP contribution in [-0.4, -0.2) is 51.3 Å². The third-order valence-corrected chi connectivity index (χ3v) is 4.54. The second kappa shape index (κ2) is 7.70. The standard InChI is InChI=1S/C19H24N4O3/c1-13-4-5-16(14(2)10-13)19(26)22-7-3-8-23-15(12-22)11-17(21-23)18(25)20-6-9-24/h4-5,10-11,24H,3,6-9,12H2,1-2H3,(H,20,25). The van der Waals surface area contributed by atoms with Crippen LogP contribution < -0.4 is 5.32 Å². The van der Waals surface area contributed by atoms with E-state index < -0.39 is 0 Å². The maximum atomic E-state index is 13.0. The fourth-order valence-corrected chi connectivity index (χ4v) is 3.23. The molecule has 0 aliphatic carbocycles. The molecule has 1 aliphatic heterocycles. The van der Waals surface area contributed by atoms with Gasteiger partial charge in [-0.05, 0) is 38.0 Å². The number of carbonyl (C=O) groups is 2.